The highest BCUT2D eigenvalue weighted by Crippen LogP contribution is 2.23. The SMILES string of the molecule is NC(=O)Cc1ccc(-c2ncnc3nc[nH]c23)cc1. The van der Waals surface area contributed by atoms with Gasteiger partial charge in [0, 0.05) is 5.56 Å². The number of nitrogens with two attached hydrogens (primary N) is 1. The smallest absolute Gasteiger partial charge is 0.221 e. The molecule has 0 radical (unpaired) electrons. The van der Waals surface area contributed by atoms with E-state index in [-0.39, 0.29) is 12.3 Å². The van der Waals surface area contributed by atoms with Gasteiger partial charge in [0.2, 0.25) is 5.91 Å². The number of hydrogen-bond acceptors (Lipinski definition) is 4. The Kier molecular flexibility index (Phi) is 2.68. The van der Waals surface area contributed by atoms with Gasteiger partial charge in [0.05, 0.1) is 18.4 Å². The Balaban J connectivity index is 2.02. The number of imidazole rings is 1. The van der Waals surface area contributed by atoms with Crippen LogP contribution in [0.25, 0.3) is 22.4 Å². The van der Waals surface area contributed by atoms with Crippen molar-refractivity contribution in [1.29, 1.82) is 0 Å². The van der Waals surface area contributed by atoms with Crippen LogP contribution in [0, 0.1) is 0 Å². The molecule has 0 saturated carbocycles. The fourth-order valence-electron chi connectivity index (χ4n) is 1.97. The van der Waals surface area contributed by atoms with Crippen molar-refractivity contribution in [2.24, 2.45) is 5.73 Å². The van der Waals surface area contributed by atoms with Gasteiger partial charge in [0.15, 0.2) is 5.65 Å². The molecule has 0 bridgehead atoms. The van der Waals surface area contributed by atoms with Crippen molar-refractivity contribution in [3.8, 4) is 11.3 Å². The summed E-state index contributed by atoms with van der Waals surface area (Å²) >= 11 is 0. The summed E-state index contributed by atoms with van der Waals surface area (Å²) in [7, 11) is 0. The van der Waals surface area contributed by atoms with E-state index < -0.39 is 0 Å². The molecular weight excluding hydrogens is 242 g/mol. The molecule has 3 rings (SSSR count). The molecule has 6 heteroatoms. The van der Waals surface area contributed by atoms with Gasteiger partial charge < -0.3 is 10.7 Å². The zero-order valence-corrected chi connectivity index (χ0v) is 10.00. The van der Waals surface area contributed by atoms with Gasteiger partial charge in [-0.05, 0) is 5.56 Å². The van der Waals surface area contributed by atoms with E-state index in [1.165, 1.54) is 6.33 Å². The minimum absolute atomic E-state index is 0.240. The summed E-state index contributed by atoms with van der Waals surface area (Å²) in [6, 6.07) is 7.54. The van der Waals surface area contributed by atoms with Gasteiger partial charge >= 0.3 is 0 Å². The maximum atomic E-state index is 10.9. The monoisotopic (exact) mass is 253 g/mol. The van der Waals surface area contributed by atoms with Gasteiger partial charge in [0.1, 0.15) is 11.8 Å². The molecule has 0 saturated heterocycles. The summed E-state index contributed by atoms with van der Waals surface area (Å²) in [6.45, 7) is 0. The first-order chi connectivity index (χ1) is 9.24. The van der Waals surface area contributed by atoms with Gasteiger partial charge in [-0.25, -0.2) is 15.0 Å². The second-order valence-corrected chi connectivity index (χ2v) is 4.16. The van der Waals surface area contributed by atoms with E-state index in [1.807, 2.05) is 24.3 Å². The van der Waals surface area contributed by atoms with E-state index >= 15 is 0 Å². The molecule has 0 spiro atoms. The first kappa shape index (κ1) is 11.3. The highest BCUT2D eigenvalue weighted by molar-refractivity contribution is 5.86. The predicted molar refractivity (Wildman–Crippen MR) is 70.0 cm³/mol. The number of rotatable bonds is 3. The Hall–Kier alpha value is -2.76. The van der Waals surface area contributed by atoms with E-state index in [9.17, 15) is 4.79 Å². The van der Waals surface area contributed by atoms with Gasteiger partial charge in [0.25, 0.3) is 0 Å². The molecule has 0 aliphatic rings. The third-order valence-electron chi connectivity index (χ3n) is 2.83. The Morgan fingerprint density at radius 2 is 1.95 bits per heavy atom. The summed E-state index contributed by atoms with van der Waals surface area (Å²) in [4.78, 5) is 26.3. The highest BCUT2D eigenvalue weighted by atomic mass is 16.1. The van der Waals surface area contributed by atoms with Crippen molar-refractivity contribution in [3.05, 3.63) is 42.5 Å². The molecule has 0 aliphatic carbocycles. The average molecular weight is 253 g/mol. The number of fused-ring (bicyclic) bond motifs is 1. The number of H-pyrrole nitrogens is 1. The number of carbonyl (C=O) groups is 1. The van der Waals surface area contributed by atoms with Crippen molar-refractivity contribution in [1.82, 2.24) is 19.9 Å². The quantitative estimate of drug-likeness (QED) is 0.728. The molecule has 1 amide bonds. The van der Waals surface area contributed by atoms with E-state index in [0.717, 1.165) is 22.3 Å². The Morgan fingerprint density at radius 1 is 1.16 bits per heavy atom. The zero-order chi connectivity index (χ0) is 13.2. The standard InChI is InChI=1S/C13H11N5O/c14-10(19)5-8-1-3-9(4-2-8)11-12-13(17-6-15-11)18-7-16-12/h1-4,6-7H,5H2,(H2,14,19)(H,15,16,17,18). The van der Waals surface area contributed by atoms with Crippen LogP contribution in [0.1, 0.15) is 5.56 Å². The molecule has 3 N–H and O–H groups in total. The molecule has 2 heterocycles. The third-order valence-corrected chi connectivity index (χ3v) is 2.83. The maximum Gasteiger partial charge on any atom is 0.221 e. The predicted octanol–water partition coefficient (Wildman–Crippen LogP) is 1.05. The van der Waals surface area contributed by atoms with Crippen molar-refractivity contribution >= 4 is 17.1 Å². The van der Waals surface area contributed by atoms with E-state index in [2.05, 4.69) is 19.9 Å². The molecule has 94 valence electrons. The lowest BCUT2D eigenvalue weighted by molar-refractivity contribution is -0.117. The van der Waals surface area contributed by atoms with Crippen LogP contribution in [-0.4, -0.2) is 25.8 Å². The highest BCUT2D eigenvalue weighted by Gasteiger charge is 2.08. The molecule has 0 aliphatic heterocycles. The normalized spacial score (nSPS) is 10.7. The van der Waals surface area contributed by atoms with Crippen molar-refractivity contribution in [2.75, 3.05) is 0 Å². The van der Waals surface area contributed by atoms with Gasteiger partial charge in [-0.15, -0.1) is 0 Å². The molecule has 6 nitrogen and oxygen atoms in total. The molecule has 1 aromatic carbocycles. The van der Waals surface area contributed by atoms with Crippen molar-refractivity contribution in [3.63, 3.8) is 0 Å². The van der Waals surface area contributed by atoms with Crippen LogP contribution in [0.2, 0.25) is 0 Å². The summed E-state index contributed by atoms with van der Waals surface area (Å²) < 4.78 is 0. The van der Waals surface area contributed by atoms with Crippen LogP contribution in [0.5, 0.6) is 0 Å². The molecule has 0 fully saturated rings. The van der Waals surface area contributed by atoms with Crippen molar-refractivity contribution < 1.29 is 4.79 Å². The largest absolute Gasteiger partial charge is 0.369 e. The lowest BCUT2D eigenvalue weighted by atomic mass is 10.1. The number of primary amides is 1. The van der Waals surface area contributed by atoms with Gasteiger partial charge in [-0.1, -0.05) is 24.3 Å². The number of hydrogen-bond donors (Lipinski definition) is 2. The second-order valence-electron chi connectivity index (χ2n) is 4.16. The summed E-state index contributed by atoms with van der Waals surface area (Å²) in [6.07, 6.45) is 3.31. The molecule has 19 heavy (non-hydrogen) atoms. The zero-order valence-electron chi connectivity index (χ0n) is 10.00. The third kappa shape index (κ3) is 2.15. The molecular formula is C13H11N5O. The number of benzene rings is 1. The summed E-state index contributed by atoms with van der Waals surface area (Å²) in [5.74, 6) is -0.342. The lowest BCUT2D eigenvalue weighted by Crippen LogP contribution is -2.13. The number of carbonyl (C=O) groups excluding carboxylic acids is 1. The molecule has 0 atom stereocenters. The fourth-order valence-corrected chi connectivity index (χ4v) is 1.97. The van der Waals surface area contributed by atoms with E-state index in [4.69, 9.17) is 5.73 Å². The van der Waals surface area contributed by atoms with Crippen molar-refractivity contribution in [2.45, 2.75) is 6.42 Å². The van der Waals surface area contributed by atoms with Crippen LogP contribution in [0.15, 0.2) is 36.9 Å². The topological polar surface area (TPSA) is 97.6 Å². The van der Waals surface area contributed by atoms with Gasteiger partial charge in [-0.3, -0.25) is 4.79 Å². The number of aromatic amines is 1. The van der Waals surface area contributed by atoms with E-state index in [0.29, 0.717) is 5.65 Å². The van der Waals surface area contributed by atoms with Crippen LogP contribution < -0.4 is 5.73 Å². The number of amides is 1. The average Bonchev–Trinajstić information content (AvgIpc) is 2.87. The summed E-state index contributed by atoms with van der Waals surface area (Å²) in [5.41, 5.74) is 9.19. The molecule has 3 aromatic rings. The molecule has 0 unspecified atom stereocenters. The second kappa shape index (κ2) is 4.49. The number of aromatic nitrogens is 4. The number of nitrogens with zero attached hydrogens (tertiary/aromatic N) is 3. The van der Waals surface area contributed by atoms with Crippen LogP contribution >= 0.6 is 0 Å². The van der Waals surface area contributed by atoms with Crippen LogP contribution in [-0.2, 0) is 11.2 Å². The lowest BCUT2D eigenvalue weighted by Gasteiger charge is -2.03. The Labute approximate surface area is 108 Å². The molecule has 2 aromatic heterocycles. The minimum atomic E-state index is -0.342. The minimum Gasteiger partial charge on any atom is -0.369 e. The van der Waals surface area contributed by atoms with Gasteiger partial charge in [-0.2, -0.15) is 0 Å². The summed E-state index contributed by atoms with van der Waals surface area (Å²) in [5, 5.41) is 0. The Bertz CT molecular complexity index is 732. The first-order valence-corrected chi connectivity index (χ1v) is 5.76. The number of nitrogens with one attached hydrogen (secondary N) is 1. The van der Waals surface area contributed by atoms with E-state index in [1.54, 1.807) is 6.33 Å². The van der Waals surface area contributed by atoms with Crippen LogP contribution in [0.3, 0.4) is 0 Å². The Morgan fingerprint density at radius 3 is 2.68 bits per heavy atom. The fraction of sp³-hybridized carbons (Fsp3) is 0.0769. The van der Waals surface area contributed by atoms with Crippen LogP contribution in [0.4, 0.5) is 0 Å². The first-order valence-electron chi connectivity index (χ1n) is 5.76. The maximum absolute atomic E-state index is 10.9.